The van der Waals surface area contributed by atoms with E-state index in [1.54, 1.807) is 0 Å². The fourth-order valence-corrected chi connectivity index (χ4v) is 4.11. The Morgan fingerprint density at radius 2 is 1.26 bits per heavy atom. The van der Waals surface area contributed by atoms with E-state index in [1.165, 1.54) is 0 Å². The molecule has 0 radical (unpaired) electrons. The maximum Gasteiger partial charge on any atom is 0.224 e. The highest BCUT2D eigenvalue weighted by molar-refractivity contribution is 4.99. The second-order valence-electron chi connectivity index (χ2n) is 8.49. The van der Waals surface area contributed by atoms with E-state index in [4.69, 9.17) is 23.7 Å². The number of ether oxygens (including phenoxy) is 5. The van der Waals surface area contributed by atoms with E-state index in [0.29, 0.717) is 0 Å². The first kappa shape index (κ1) is 28.9. The van der Waals surface area contributed by atoms with Gasteiger partial charge in [-0.3, -0.25) is 5.26 Å². The fourth-order valence-electron chi connectivity index (χ4n) is 4.11. The van der Waals surface area contributed by atoms with Crippen LogP contribution in [0.25, 0.3) is 0 Å². The van der Waals surface area contributed by atoms with Gasteiger partial charge in [0.2, 0.25) is 5.79 Å². The Morgan fingerprint density at radius 3 is 1.80 bits per heavy atom. The maximum absolute atomic E-state index is 10.4. The zero-order chi connectivity index (χ0) is 26.1. The zero-order valence-electron chi connectivity index (χ0n) is 18.2. The van der Waals surface area contributed by atoms with Crippen LogP contribution in [0.2, 0.25) is 0 Å². The third-order valence-corrected chi connectivity index (χ3v) is 6.26. The molecule has 3 heterocycles. The minimum Gasteiger partial charge on any atom is -0.394 e. The number of hydrogen-bond acceptors (Lipinski definition) is 17. The molecule has 35 heavy (non-hydrogen) atoms. The van der Waals surface area contributed by atoms with Crippen molar-refractivity contribution in [1.82, 2.24) is 0 Å². The predicted octanol–water partition coefficient (Wildman–Crippen LogP) is -7.07. The van der Waals surface area contributed by atoms with Crippen LogP contribution < -0.4 is 0 Å². The summed E-state index contributed by atoms with van der Waals surface area (Å²) in [5, 5.41) is 108. The number of rotatable bonds is 9. The summed E-state index contributed by atoms with van der Waals surface area (Å²) in [5.41, 5.74) is 0. The Hall–Kier alpha value is -0.680. The highest BCUT2D eigenvalue weighted by atomic mass is 17.1. The van der Waals surface area contributed by atoms with Crippen LogP contribution in [-0.2, 0) is 28.6 Å². The SMILES string of the molecule is OC[C@H]1O[C@H](OC[C@H]2O[C@H](O[C@]3(CO)O[C@H](CO)[C@@H](O)[C@@H]3O)[C@H](OO)[C@@H](O)[C@@H]2O)[C@H](O)[C@@H](O)[C@H]1O. The summed E-state index contributed by atoms with van der Waals surface area (Å²) in [7, 11) is 0. The molecule has 3 rings (SSSR count). The van der Waals surface area contributed by atoms with Gasteiger partial charge in [0.25, 0.3) is 0 Å². The molecule has 3 aliphatic rings. The van der Waals surface area contributed by atoms with Crippen LogP contribution in [-0.4, -0.2) is 168 Å². The second-order valence-corrected chi connectivity index (χ2v) is 8.49. The van der Waals surface area contributed by atoms with Gasteiger partial charge < -0.3 is 74.7 Å². The lowest BCUT2D eigenvalue weighted by molar-refractivity contribution is -0.428. The Balaban J connectivity index is 1.72. The monoisotopic (exact) mass is 520 g/mol. The number of aliphatic hydroxyl groups is 10. The summed E-state index contributed by atoms with van der Waals surface area (Å²) in [6.45, 7) is -3.21. The fraction of sp³-hybridized carbons (Fsp3) is 1.00. The summed E-state index contributed by atoms with van der Waals surface area (Å²) < 4.78 is 26.6. The van der Waals surface area contributed by atoms with Crippen LogP contribution in [0, 0.1) is 0 Å². The van der Waals surface area contributed by atoms with Gasteiger partial charge in [-0.15, -0.1) is 0 Å². The molecule has 17 nitrogen and oxygen atoms in total. The summed E-state index contributed by atoms with van der Waals surface area (Å²) in [5.74, 6) is -2.39. The Morgan fingerprint density at radius 1 is 0.657 bits per heavy atom. The smallest absolute Gasteiger partial charge is 0.224 e. The van der Waals surface area contributed by atoms with E-state index in [-0.39, 0.29) is 0 Å². The van der Waals surface area contributed by atoms with E-state index < -0.39 is 112 Å². The third kappa shape index (κ3) is 5.47. The van der Waals surface area contributed by atoms with Gasteiger partial charge in [0.05, 0.1) is 19.8 Å². The van der Waals surface area contributed by atoms with Crippen molar-refractivity contribution >= 4 is 0 Å². The quantitative estimate of drug-likeness (QED) is 0.0994. The topological polar surface area (TPSA) is 278 Å². The summed E-state index contributed by atoms with van der Waals surface area (Å²) in [6, 6.07) is 0. The van der Waals surface area contributed by atoms with Crippen LogP contribution in [0.15, 0.2) is 0 Å². The molecular formula is C18H32O17. The largest absolute Gasteiger partial charge is 0.394 e. The van der Waals surface area contributed by atoms with Crippen LogP contribution in [0.3, 0.4) is 0 Å². The van der Waals surface area contributed by atoms with Gasteiger partial charge in [0.15, 0.2) is 18.7 Å². The highest BCUT2D eigenvalue weighted by Crippen LogP contribution is 2.36. The molecule has 0 spiro atoms. The van der Waals surface area contributed by atoms with Crippen molar-refractivity contribution in [1.29, 1.82) is 0 Å². The van der Waals surface area contributed by atoms with Gasteiger partial charge in [-0.1, -0.05) is 0 Å². The molecule has 11 N–H and O–H groups in total. The normalized spacial score (nSPS) is 51.0. The van der Waals surface area contributed by atoms with Crippen LogP contribution in [0.1, 0.15) is 0 Å². The van der Waals surface area contributed by atoms with Gasteiger partial charge in [-0.2, -0.15) is 0 Å². The first-order chi connectivity index (χ1) is 16.5. The molecular weight excluding hydrogens is 488 g/mol. The molecule has 206 valence electrons. The summed E-state index contributed by atoms with van der Waals surface area (Å²) >= 11 is 0. The lowest BCUT2D eigenvalue weighted by Gasteiger charge is -2.45. The summed E-state index contributed by atoms with van der Waals surface area (Å²) in [6.07, 6.45) is -21.9. The van der Waals surface area contributed by atoms with E-state index in [1.807, 2.05) is 0 Å². The van der Waals surface area contributed by atoms with E-state index >= 15 is 0 Å². The first-order valence-electron chi connectivity index (χ1n) is 10.7. The van der Waals surface area contributed by atoms with Crippen molar-refractivity contribution in [2.45, 2.75) is 85.5 Å². The highest BCUT2D eigenvalue weighted by Gasteiger charge is 2.59. The van der Waals surface area contributed by atoms with E-state index in [9.17, 15) is 56.3 Å². The molecule has 3 saturated heterocycles. The van der Waals surface area contributed by atoms with Gasteiger partial charge in [-0.25, -0.2) is 4.89 Å². The zero-order valence-corrected chi connectivity index (χ0v) is 18.2. The molecule has 14 atom stereocenters. The third-order valence-electron chi connectivity index (χ3n) is 6.26. The van der Waals surface area contributed by atoms with E-state index in [2.05, 4.69) is 4.89 Å². The lowest BCUT2D eigenvalue weighted by Crippen LogP contribution is -2.64. The first-order valence-corrected chi connectivity index (χ1v) is 10.7. The van der Waals surface area contributed by atoms with Crippen molar-refractivity contribution in [3.8, 4) is 0 Å². The van der Waals surface area contributed by atoms with E-state index in [0.717, 1.165) is 0 Å². The van der Waals surface area contributed by atoms with Crippen LogP contribution in [0.5, 0.6) is 0 Å². The van der Waals surface area contributed by atoms with Crippen molar-refractivity contribution in [2.24, 2.45) is 0 Å². The van der Waals surface area contributed by atoms with Gasteiger partial charge in [0, 0.05) is 0 Å². The van der Waals surface area contributed by atoms with Gasteiger partial charge in [-0.05, 0) is 0 Å². The molecule has 0 amide bonds. The minimum atomic E-state index is -2.39. The molecule has 3 aliphatic heterocycles. The van der Waals surface area contributed by atoms with Crippen molar-refractivity contribution in [3.63, 3.8) is 0 Å². The average Bonchev–Trinajstić information content (AvgIpc) is 3.10. The second kappa shape index (κ2) is 11.8. The number of aliphatic hydroxyl groups excluding tert-OH is 10. The van der Waals surface area contributed by atoms with Crippen molar-refractivity contribution in [2.75, 3.05) is 26.4 Å². The lowest BCUT2D eigenvalue weighted by atomic mass is 9.98. The van der Waals surface area contributed by atoms with Crippen molar-refractivity contribution < 1.29 is 84.9 Å². The molecule has 0 aromatic heterocycles. The Bertz CT molecular complexity index is 669. The van der Waals surface area contributed by atoms with Gasteiger partial charge >= 0.3 is 0 Å². The molecule has 0 aliphatic carbocycles. The maximum atomic E-state index is 10.4. The average molecular weight is 520 g/mol. The molecule has 17 heteroatoms. The molecule has 0 saturated carbocycles. The Kier molecular flexibility index (Phi) is 9.73. The summed E-state index contributed by atoms with van der Waals surface area (Å²) in [4.78, 5) is 4.13. The molecule has 0 bridgehead atoms. The minimum absolute atomic E-state index is 0.656. The molecule has 0 unspecified atom stereocenters. The Labute approximate surface area is 197 Å². The van der Waals surface area contributed by atoms with Gasteiger partial charge in [0.1, 0.15) is 67.6 Å². The predicted molar refractivity (Wildman–Crippen MR) is 103 cm³/mol. The van der Waals surface area contributed by atoms with Crippen LogP contribution >= 0.6 is 0 Å². The number of hydrogen-bond donors (Lipinski definition) is 11. The molecule has 3 fully saturated rings. The van der Waals surface area contributed by atoms with Crippen LogP contribution in [0.4, 0.5) is 0 Å². The standard InChI is InChI=1S/C18H32O17/c19-1-5-8(22)11(25)13(27)16(31-5)30-3-7-9(23)12(26)14(35-29)17(32-7)34-18(4-21)15(28)10(24)6(2-20)33-18/h5-17,19-29H,1-4H2/t5-,6-,7-,8+,9-,10-,11+,12+,13-,14-,15+,16+,17-,18+/m1/s1. The molecule has 0 aromatic carbocycles. The molecule has 0 aromatic rings. The van der Waals surface area contributed by atoms with Crippen molar-refractivity contribution in [3.05, 3.63) is 0 Å².